The van der Waals surface area contributed by atoms with E-state index in [2.05, 4.69) is 10.3 Å². The van der Waals surface area contributed by atoms with Crippen molar-refractivity contribution >= 4 is 11.5 Å². The maximum atomic E-state index is 10.9. The Hall–Kier alpha value is -1.85. The van der Waals surface area contributed by atoms with E-state index in [1.54, 1.807) is 0 Å². The second kappa shape index (κ2) is 4.99. The first kappa shape index (κ1) is 13.2. The standard InChI is InChI=1S/C11H17N3O3/c1-5-11(2,3)13-10-8(14(15)16)6-7-9(12-10)17-4/h6-7H,5H2,1-4H3,(H,12,13). The summed E-state index contributed by atoms with van der Waals surface area (Å²) in [6.07, 6.45) is 0.822. The summed E-state index contributed by atoms with van der Waals surface area (Å²) in [6, 6.07) is 2.86. The van der Waals surface area contributed by atoms with E-state index in [0.717, 1.165) is 6.42 Å². The first-order valence-electron chi connectivity index (χ1n) is 5.37. The Morgan fingerprint density at radius 2 is 2.18 bits per heavy atom. The molecular weight excluding hydrogens is 222 g/mol. The third-order valence-electron chi connectivity index (χ3n) is 2.59. The maximum Gasteiger partial charge on any atom is 0.311 e. The van der Waals surface area contributed by atoms with E-state index in [4.69, 9.17) is 4.74 Å². The largest absolute Gasteiger partial charge is 0.481 e. The fourth-order valence-electron chi connectivity index (χ4n) is 1.20. The minimum atomic E-state index is -0.458. The minimum Gasteiger partial charge on any atom is -0.481 e. The van der Waals surface area contributed by atoms with Gasteiger partial charge in [-0.15, -0.1) is 0 Å². The van der Waals surface area contributed by atoms with Gasteiger partial charge in [0, 0.05) is 17.7 Å². The maximum absolute atomic E-state index is 10.9. The van der Waals surface area contributed by atoms with Gasteiger partial charge in [0.2, 0.25) is 11.7 Å². The number of aromatic nitrogens is 1. The third-order valence-corrected chi connectivity index (χ3v) is 2.59. The van der Waals surface area contributed by atoms with E-state index in [1.165, 1.54) is 19.2 Å². The van der Waals surface area contributed by atoms with Crippen molar-refractivity contribution in [2.75, 3.05) is 12.4 Å². The molecule has 6 nitrogen and oxygen atoms in total. The summed E-state index contributed by atoms with van der Waals surface area (Å²) in [4.78, 5) is 14.5. The molecule has 1 rings (SSSR count). The number of nitrogens with zero attached hydrogens (tertiary/aromatic N) is 2. The molecule has 0 fully saturated rings. The lowest BCUT2D eigenvalue weighted by Gasteiger charge is -2.24. The Kier molecular flexibility index (Phi) is 3.88. The van der Waals surface area contributed by atoms with Crippen LogP contribution in [-0.4, -0.2) is 22.6 Å². The molecule has 0 amide bonds. The summed E-state index contributed by atoms with van der Waals surface area (Å²) < 4.78 is 4.96. The SMILES string of the molecule is CCC(C)(C)Nc1nc(OC)ccc1[N+](=O)[O-]. The minimum absolute atomic E-state index is 0.0488. The Labute approximate surface area is 100 Å². The molecule has 1 heterocycles. The number of ether oxygens (including phenoxy) is 1. The van der Waals surface area contributed by atoms with E-state index in [0.29, 0.717) is 5.88 Å². The van der Waals surface area contributed by atoms with Crippen LogP contribution in [0.5, 0.6) is 5.88 Å². The van der Waals surface area contributed by atoms with Crippen LogP contribution in [0.1, 0.15) is 27.2 Å². The molecule has 0 unspecified atom stereocenters. The van der Waals surface area contributed by atoms with Crippen LogP contribution >= 0.6 is 0 Å². The molecule has 6 heteroatoms. The van der Waals surface area contributed by atoms with Crippen molar-refractivity contribution in [2.45, 2.75) is 32.7 Å². The fourth-order valence-corrected chi connectivity index (χ4v) is 1.20. The van der Waals surface area contributed by atoms with E-state index < -0.39 is 4.92 Å². The van der Waals surface area contributed by atoms with Crippen molar-refractivity contribution in [2.24, 2.45) is 0 Å². The van der Waals surface area contributed by atoms with Gasteiger partial charge in [0.1, 0.15) is 0 Å². The number of pyridine rings is 1. The molecule has 1 aromatic rings. The molecular formula is C11H17N3O3. The van der Waals surface area contributed by atoms with E-state index in [-0.39, 0.29) is 17.0 Å². The van der Waals surface area contributed by atoms with Crippen LogP contribution in [0.15, 0.2) is 12.1 Å². The predicted molar refractivity (Wildman–Crippen MR) is 65.4 cm³/mol. The van der Waals surface area contributed by atoms with Gasteiger partial charge in [-0.1, -0.05) is 6.92 Å². The number of anilines is 1. The van der Waals surface area contributed by atoms with Gasteiger partial charge in [0.15, 0.2) is 0 Å². The molecule has 1 aromatic heterocycles. The summed E-state index contributed by atoms with van der Waals surface area (Å²) in [5, 5.41) is 13.9. The summed E-state index contributed by atoms with van der Waals surface area (Å²) in [5.74, 6) is 0.589. The summed E-state index contributed by atoms with van der Waals surface area (Å²) >= 11 is 0. The van der Waals surface area contributed by atoms with Crippen LogP contribution in [0.2, 0.25) is 0 Å². The smallest absolute Gasteiger partial charge is 0.311 e. The highest BCUT2D eigenvalue weighted by molar-refractivity contribution is 5.58. The number of hydrogen-bond acceptors (Lipinski definition) is 5. The Balaban J connectivity index is 3.13. The zero-order chi connectivity index (χ0) is 13.1. The lowest BCUT2D eigenvalue weighted by molar-refractivity contribution is -0.384. The summed E-state index contributed by atoms with van der Waals surface area (Å²) in [6.45, 7) is 5.91. The highest BCUT2D eigenvalue weighted by Gasteiger charge is 2.22. The predicted octanol–water partition coefficient (Wildman–Crippen LogP) is 2.60. The van der Waals surface area contributed by atoms with Crippen molar-refractivity contribution in [3.05, 3.63) is 22.2 Å². The van der Waals surface area contributed by atoms with Crippen LogP contribution in [0.3, 0.4) is 0 Å². The van der Waals surface area contributed by atoms with Gasteiger partial charge < -0.3 is 10.1 Å². The lowest BCUT2D eigenvalue weighted by atomic mass is 10.0. The van der Waals surface area contributed by atoms with E-state index in [1.807, 2.05) is 20.8 Å². The second-order valence-electron chi connectivity index (χ2n) is 4.34. The van der Waals surface area contributed by atoms with Crippen LogP contribution in [0.4, 0.5) is 11.5 Å². The van der Waals surface area contributed by atoms with Gasteiger partial charge in [0.25, 0.3) is 0 Å². The van der Waals surface area contributed by atoms with Crippen LogP contribution in [0, 0.1) is 10.1 Å². The number of hydrogen-bond donors (Lipinski definition) is 1. The van der Waals surface area contributed by atoms with Gasteiger partial charge in [-0.2, -0.15) is 4.98 Å². The molecule has 0 aliphatic carbocycles. The van der Waals surface area contributed by atoms with Crippen LogP contribution in [0.25, 0.3) is 0 Å². The first-order chi connectivity index (χ1) is 7.89. The van der Waals surface area contributed by atoms with Gasteiger partial charge in [-0.3, -0.25) is 10.1 Å². The molecule has 0 atom stereocenters. The summed E-state index contributed by atoms with van der Waals surface area (Å²) in [7, 11) is 1.48. The summed E-state index contributed by atoms with van der Waals surface area (Å²) in [5.41, 5.74) is -0.309. The first-order valence-corrected chi connectivity index (χ1v) is 5.37. The normalized spacial score (nSPS) is 11.1. The van der Waals surface area contributed by atoms with Crippen molar-refractivity contribution in [3.8, 4) is 5.88 Å². The van der Waals surface area contributed by atoms with Crippen molar-refractivity contribution in [3.63, 3.8) is 0 Å². The molecule has 0 saturated heterocycles. The fraction of sp³-hybridized carbons (Fsp3) is 0.545. The van der Waals surface area contributed by atoms with Gasteiger partial charge in [-0.25, -0.2) is 0 Å². The number of methoxy groups -OCH3 is 1. The monoisotopic (exact) mass is 239 g/mol. The molecule has 0 spiro atoms. The molecule has 0 aliphatic rings. The average molecular weight is 239 g/mol. The third kappa shape index (κ3) is 3.30. The quantitative estimate of drug-likeness (QED) is 0.631. The topological polar surface area (TPSA) is 77.3 Å². The molecule has 0 aliphatic heterocycles. The number of nitrogens with one attached hydrogen (secondary N) is 1. The molecule has 0 radical (unpaired) electrons. The number of nitro groups is 1. The molecule has 0 saturated carbocycles. The zero-order valence-electron chi connectivity index (χ0n) is 10.5. The number of rotatable bonds is 5. The average Bonchev–Trinajstić information content (AvgIpc) is 2.28. The Morgan fingerprint density at radius 3 is 2.65 bits per heavy atom. The van der Waals surface area contributed by atoms with Crippen molar-refractivity contribution in [1.82, 2.24) is 4.98 Å². The van der Waals surface area contributed by atoms with Crippen LogP contribution in [-0.2, 0) is 0 Å². The molecule has 94 valence electrons. The molecule has 0 bridgehead atoms. The highest BCUT2D eigenvalue weighted by atomic mass is 16.6. The van der Waals surface area contributed by atoms with Gasteiger partial charge >= 0.3 is 5.69 Å². The Bertz CT molecular complexity index is 418. The van der Waals surface area contributed by atoms with E-state index in [9.17, 15) is 10.1 Å². The van der Waals surface area contributed by atoms with Crippen molar-refractivity contribution < 1.29 is 9.66 Å². The zero-order valence-corrected chi connectivity index (χ0v) is 10.5. The van der Waals surface area contributed by atoms with Crippen molar-refractivity contribution in [1.29, 1.82) is 0 Å². The molecule has 1 N–H and O–H groups in total. The lowest BCUT2D eigenvalue weighted by Crippen LogP contribution is -2.30. The highest BCUT2D eigenvalue weighted by Crippen LogP contribution is 2.28. The van der Waals surface area contributed by atoms with Gasteiger partial charge in [-0.05, 0) is 20.3 Å². The molecule has 0 aromatic carbocycles. The molecule has 17 heavy (non-hydrogen) atoms. The van der Waals surface area contributed by atoms with Crippen LogP contribution < -0.4 is 10.1 Å². The second-order valence-corrected chi connectivity index (χ2v) is 4.34. The Morgan fingerprint density at radius 1 is 1.53 bits per heavy atom. The van der Waals surface area contributed by atoms with E-state index >= 15 is 0 Å². The van der Waals surface area contributed by atoms with Gasteiger partial charge in [0.05, 0.1) is 12.0 Å².